The van der Waals surface area contributed by atoms with Crippen LogP contribution in [0.15, 0.2) is 36.4 Å². The average Bonchev–Trinajstić information content (AvgIpc) is 2.81. The Labute approximate surface area is 126 Å². The Morgan fingerprint density at radius 2 is 2.10 bits per heavy atom. The SMILES string of the molecule is CCOc1ccc2nc(-c3cc(N)cc(Cl)c3)sc2c1. The van der Waals surface area contributed by atoms with E-state index < -0.39 is 0 Å². The summed E-state index contributed by atoms with van der Waals surface area (Å²) >= 11 is 7.64. The second kappa shape index (κ2) is 5.31. The predicted octanol–water partition coefficient (Wildman–Crippen LogP) is 4.60. The molecule has 0 bridgehead atoms. The summed E-state index contributed by atoms with van der Waals surface area (Å²) in [5.74, 6) is 0.862. The highest BCUT2D eigenvalue weighted by Crippen LogP contribution is 2.34. The summed E-state index contributed by atoms with van der Waals surface area (Å²) < 4.78 is 6.59. The molecular weight excluding hydrogens is 292 g/mol. The summed E-state index contributed by atoms with van der Waals surface area (Å²) in [5.41, 5.74) is 8.36. The average molecular weight is 305 g/mol. The molecule has 102 valence electrons. The van der Waals surface area contributed by atoms with Gasteiger partial charge in [-0.2, -0.15) is 0 Å². The van der Waals surface area contributed by atoms with E-state index in [-0.39, 0.29) is 0 Å². The topological polar surface area (TPSA) is 48.1 Å². The maximum absolute atomic E-state index is 6.04. The molecule has 0 radical (unpaired) electrons. The van der Waals surface area contributed by atoms with E-state index in [0.717, 1.165) is 26.5 Å². The molecule has 3 rings (SSSR count). The number of ether oxygens (including phenoxy) is 1. The van der Waals surface area contributed by atoms with Crippen LogP contribution < -0.4 is 10.5 Å². The summed E-state index contributed by atoms with van der Waals surface area (Å²) in [7, 11) is 0. The van der Waals surface area contributed by atoms with Gasteiger partial charge in [-0.15, -0.1) is 11.3 Å². The minimum atomic E-state index is 0.620. The molecule has 0 saturated heterocycles. The number of aromatic nitrogens is 1. The maximum atomic E-state index is 6.04. The highest BCUT2D eigenvalue weighted by atomic mass is 35.5. The number of nitrogens with two attached hydrogens (primary N) is 1. The van der Waals surface area contributed by atoms with Crippen molar-refractivity contribution in [2.75, 3.05) is 12.3 Å². The van der Waals surface area contributed by atoms with Crippen molar-refractivity contribution in [2.45, 2.75) is 6.92 Å². The molecule has 0 spiro atoms. The minimum absolute atomic E-state index is 0.620. The Balaban J connectivity index is 2.08. The van der Waals surface area contributed by atoms with Crippen LogP contribution in [0.3, 0.4) is 0 Å². The molecule has 3 aromatic rings. The van der Waals surface area contributed by atoms with Crippen molar-refractivity contribution in [3.8, 4) is 16.3 Å². The Bertz CT molecular complexity index is 749. The van der Waals surface area contributed by atoms with E-state index in [9.17, 15) is 0 Å². The normalized spacial score (nSPS) is 10.9. The van der Waals surface area contributed by atoms with Crippen molar-refractivity contribution < 1.29 is 4.74 Å². The molecule has 3 nitrogen and oxygen atoms in total. The minimum Gasteiger partial charge on any atom is -0.494 e. The van der Waals surface area contributed by atoms with Crippen LogP contribution >= 0.6 is 22.9 Å². The summed E-state index contributed by atoms with van der Waals surface area (Å²) in [5, 5.41) is 1.53. The second-order valence-corrected chi connectivity index (χ2v) is 5.82. The lowest BCUT2D eigenvalue weighted by atomic mass is 10.2. The first-order valence-corrected chi connectivity index (χ1v) is 7.45. The molecule has 0 aliphatic rings. The van der Waals surface area contributed by atoms with Crippen molar-refractivity contribution in [3.63, 3.8) is 0 Å². The molecule has 0 unspecified atom stereocenters. The first kappa shape index (κ1) is 13.2. The predicted molar refractivity (Wildman–Crippen MR) is 85.6 cm³/mol. The number of anilines is 1. The molecule has 2 N–H and O–H groups in total. The van der Waals surface area contributed by atoms with Gasteiger partial charge in [0.05, 0.1) is 16.8 Å². The van der Waals surface area contributed by atoms with E-state index in [2.05, 4.69) is 4.98 Å². The van der Waals surface area contributed by atoms with Crippen LogP contribution in [0.4, 0.5) is 5.69 Å². The number of hydrogen-bond acceptors (Lipinski definition) is 4. The number of nitrogen functional groups attached to an aromatic ring is 1. The Kier molecular flexibility index (Phi) is 3.51. The second-order valence-electron chi connectivity index (χ2n) is 4.35. The van der Waals surface area contributed by atoms with Crippen molar-refractivity contribution in [2.24, 2.45) is 0 Å². The van der Waals surface area contributed by atoms with Gasteiger partial charge in [-0.1, -0.05) is 11.6 Å². The number of fused-ring (bicyclic) bond motifs is 1. The first-order chi connectivity index (χ1) is 9.65. The van der Waals surface area contributed by atoms with Gasteiger partial charge in [0.15, 0.2) is 0 Å². The molecule has 0 atom stereocenters. The van der Waals surface area contributed by atoms with E-state index >= 15 is 0 Å². The fourth-order valence-electron chi connectivity index (χ4n) is 2.02. The van der Waals surface area contributed by atoms with E-state index in [1.54, 1.807) is 17.4 Å². The fourth-order valence-corrected chi connectivity index (χ4v) is 3.25. The van der Waals surface area contributed by atoms with Gasteiger partial charge in [-0.3, -0.25) is 0 Å². The monoisotopic (exact) mass is 304 g/mol. The zero-order valence-electron chi connectivity index (χ0n) is 10.9. The highest BCUT2D eigenvalue weighted by molar-refractivity contribution is 7.21. The zero-order valence-corrected chi connectivity index (χ0v) is 12.5. The molecule has 20 heavy (non-hydrogen) atoms. The molecule has 5 heteroatoms. The number of nitrogens with zero attached hydrogens (tertiary/aromatic N) is 1. The van der Waals surface area contributed by atoms with Crippen LogP contribution in [0.1, 0.15) is 6.92 Å². The Morgan fingerprint density at radius 3 is 2.85 bits per heavy atom. The standard InChI is InChI=1S/C15H13ClN2OS/c1-2-19-12-3-4-13-14(8-12)20-15(18-13)9-5-10(16)7-11(17)6-9/h3-8H,2,17H2,1H3. The highest BCUT2D eigenvalue weighted by Gasteiger charge is 2.08. The van der Waals surface area contributed by atoms with E-state index in [0.29, 0.717) is 17.3 Å². The van der Waals surface area contributed by atoms with Crippen LogP contribution in [0.2, 0.25) is 5.02 Å². The van der Waals surface area contributed by atoms with Crippen LogP contribution in [-0.4, -0.2) is 11.6 Å². The molecular formula is C15H13ClN2OS. The van der Waals surface area contributed by atoms with Crippen LogP contribution in [0.25, 0.3) is 20.8 Å². The Morgan fingerprint density at radius 1 is 1.25 bits per heavy atom. The number of halogens is 1. The third-order valence-electron chi connectivity index (χ3n) is 2.84. The van der Waals surface area contributed by atoms with Crippen molar-refractivity contribution in [1.29, 1.82) is 0 Å². The summed E-state index contributed by atoms with van der Waals surface area (Å²) in [6, 6.07) is 11.4. The van der Waals surface area contributed by atoms with E-state index in [4.69, 9.17) is 22.1 Å². The lowest BCUT2D eigenvalue weighted by molar-refractivity contribution is 0.341. The first-order valence-electron chi connectivity index (χ1n) is 6.25. The lowest BCUT2D eigenvalue weighted by Crippen LogP contribution is -1.89. The molecule has 2 aromatic carbocycles. The molecule has 0 aliphatic carbocycles. The summed E-state index contributed by atoms with van der Waals surface area (Å²) in [6.07, 6.45) is 0. The van der Waals surface area contributed by atoms with Gasteiger partial charge in [0, 0.05) is 16.3 Å². The van der Waals surface area contributed by atoms with Crippen molar-refractivity contribution in [3.05, 3.63) is 41.4 Å². The Hall–Kier alpha value is -1.78. The van der Waals surface area contributed by atoms with E-state index in [1.165, 1.54) is 0 Å². The van der Waals surface area contributed by atoms with Gasteiger partial charge in [0.1, 0.15) is 10.8 Å². The summed E-state index contributed by atoms with van der Waals surface area (Å²) in [6.45, 7) is 2.62. The van der Waals surface area contributed by atoms with Crippen LogP contribution in [-0.2, 0) is 0 Å². The van der Waals surface area contributed by atoms with Gasteiger partial charge in [-0.05, 0) is 43.3 Å². The van der Waals surface area contributed by atoms with Crippen LogP contribution in [0, 0.1) is 0 Å². The maximum Gasteiger partial charge on any atom is 0.124 e. The quantitative estimate of drug-likeness (QED) is 0.719. The molecule has 0 aliphatic heterocycles. The van der Waals surface area contributed by atoms with Gasteiger partial charge in [0.25, 0.3) is 0 Å². The molecule has 0 fully saturated rings. The largest absolute Gasteiger partial charge is 0.494 e. The molecule has 0 amide bonds. The van der Waals surface area contributed by atoms with Crippen LogP contribution in [0.5, 0.6) is 5.75 Å². The fraction of sp³-hybridized carbons (Fsp3) is 0.133. The molecule has 1 aromatic heterocycles. The van der Waals surface area contributed by atoms with Gasteiger partial charge < -0.3 is 10.5 Å². The lowest BCUT2D eigenvalue weighted by Gasteiger charge is -2.00. The number of hydrogen-bond donors (Lipinski definition) is 1. The number of rotatable bonds is 3. The zero-order chi connectivity index (χ0) is 14.1. The summed E-state index contributed by atoms with van der Waals surface area (Å²) in [4.78, 5) is 4.62. The van der Waals surface area contributed by atoms with Gasteiger partial charge >= 0.3 is 0 Å². The van der Waals surface area contributed by atoms with Crippen molar-refractivity contribution >= 4 is 38.8 Å². The number of benzene rings is 2. The number of thiazole rings is 1. The smallest absolute Gasteiger partial charge is 0.124 e. The van der Waals surface area contributed by atoms with Crippen molar-refractivity contribution in [1.82, 2.24) is 4.98 Å². The van der Waals surface area contributed by atoms with Gasteiger partial charge in [-0.25, -0.2) is 4.98 Å². The molecule has 1 heterocycles. The molecule has 0 saturated carbocycles. The third-order valence-corrected chi connectivity index (χ3v) is 4.12. The van der Waals surface area contributed by atoms with E-state index in [1.807, 2.05) is 37.3 Å². The third kappa shape index (κ3) is 2.57. The van der Waals surface area contributed by atoms with Gasteiger partial charge in [0.2, 0.25) is 0 Å².